The van der Waals surface area contributed by atoms with E-state index in [-0.39, 0.29) is 19.4 Å². The van der Waals surface area contributed by atoms with Crippen molar-refractivity contribution in [2.45, 2.75) is 38.8 Å². The highest BCUT2D eigenvalue weighted by atomic mass is 19.1. The number of rotatable bonds is 10. The number of likely N-dealkylation sites (tertiary alicyclic amines) is 1. The lowest BCUT2D eigenvalue weighted by Gasteiger charge is -2.39. The molecule has 38 heavy (non-hydrogen) atoms. The minimum atomic E-state index is -1.37. The molecule has 1 aliphatic rings. The molecule has 0 amide bonds. The molecular weight excluding hydrogens is 502 g/mol. The second-order valence-corrected chi connectivity index (χ2v) is 9.84. The molecule has 1 aromatic heterocycles. The highest BCUT2D eigenvalue weighted by Gasteiger charge is 2.41. The first-order valence-corrected chi connectivity index (χ1v) is 12.5. The number of halogens is 4. The Labute approximate surface area is 218 Å². The lowest BCUT2D eigenvalue weighted by molar-refractivity contribution is -0.153. The molecule has 2 heterocycles. The summed E-state index contributed by atoms with van der Waals surface area (Å²) in [5, 5.41) is 13.4. The third-order valence-corrected chi connectivity index (χ3v) is 7.51. The van der Waals surface area contributed by atoms with Gasteiger partial charge in [0.25, 0.3) is 0 Å². The van der Waals surface area contributed by atoms with Gasteiger partial charge in [-0.3, -0.25) is 9.78 Å². The molecule has 0 saturated carbocycles. The van der Waals surface area contributed by atoms with E-state index in [1.54, 1.807) is 31.3 Å². The zero-order chi connectivity index (χ0) is 27.4. The van der Waals surface area contributed by atoms with Crippen LogP contribution in [0.3, 0.4) is 0 Å². The number of hydrogen-bond donors (Lipinski definition) is 2. The second kappa shape index (κ2) is 11.6. The number of fused-ring (bicyclic) bond motifs is 1. The standard InChI is InChI=1S/C28H31F4N3O3/c1-17-16-34-24-4-3-19(38-2)15-20(24)25(17)21(30)5-6-28(27(36)37)7-10-35(11-8-28)12-9-33-26-22(31)13-18(29)14-23(26)32/h3-4,13-16,21,33H,5-12H2,1-2H3,(H,36,37)/t21-/m0/s1. The summed E-state index contributed by atoms with van der Waals surface area (Å²) in [4.78, 5) is 18.7. The summed E-state index contributed by atoms with van der Waals surface area (Å²) in [6.07, 6.45) is 1.14. The van der Waals surface area contributed by atoms with E-state index in [1.165, 1.54) is 7.11 Å². The molecule has 204 valence electrons. The Morgan fingerprint density at radius 2 is 1.87 bits per heavy atom. The Hall–Kier alpha value is -3.40. The van der Waals surface area contributed by atoms with E-state index in [4.69, 9.17) is 4.74 Å². The molecule has 2 N–H and O–H groups in total. The fraction of sp³-hybridized carbons (Fsp3) is 0.429. The number of aliphatic carboxylic acids is 1. The Morgan fingerprint density at radius 3 is 2.50 bits per heavy atom. The molecule has 0 radical (unpaired) electrons. The molecule has 0 bridgehead atoms. The van der Waals surface area contributed by atoms with Gasteiger partial charge in [0.1, 0.15) is 23.4 Å². The van der Waals surface area contributed by atoms with Crippen LogP contribution in [0.4, 0.5) is 23.2 Å². The van der Waals surface area contributed by atoms with E-state index in [0.29, 0.717) is 72.4 Å². The number of hydrogen-bond acceptors (Lipinski definition) is 5. The molecule has 10 heteroatoms. The van der Waals surface area contributed by atoms with Crippen molar-refractivity contribution >= 4 is 22.6 Å². The smallest absolute Gasteiger partial charge is 0.309 e. The molecule has 3 aromatic rings. The van der Waals surface area contributed by atoms with Gasteiger partial charge in [-0.05, 0) is 75.0 Å². The van der Waals surface area contributed by atoms with Gasteiger partial charge in [-0.15, -0.1) is 0 Å². The van der Waals surface area contributed by atoms with Crippen LogP contribution in [0.2, 0.25) is 0 Å². The molecule has 6 nitrogen and oxygen atoms in total. The summed E-state index contributed by atoms with van der Waals surface area (Å²) in [5.74, 6) is -3.37. The van der Waals surface area contributed by atoms with Crippen LogP contribution in [-0.2, 0) is 4.79 Å². The van der Waals surface area contributed by atoms with Gasteiger partial charge in [-0.2, -0.15) is 0 Å². The average molecular weight is 534 g/mol. The topological polar surface area (TPSA) is 74.7 Å². The van der Waals surface area contributed by atoms with Gasteiger partial charge in [0.05, 0.1) is 18.0 Å². The van der Waals surface area contributed by atoms with Crippen molar-refractivity contribution in [2.24, 2.45) is 5.41 Å². The van der Waals surface area contributed by atoms with Crippen LogP contribution in [0.5, 0.6) is 5.75 Å². The molecule has 2 aromatic carbocycles. The number of piperidine rings is 1. The molecule has 1 fully saturated rings. The van der Waals surface area contributed by atoms with Crippen LogP contribution in [0.25, 0.3) is 10.9 Å². The Balaban J connectivity index is 1.37. The maximum absolute atomic E-state index is 15.7. The maximum atomic E-state index is 15.7. The molecule has 1 aliphatic heterocycles. The van der Waals surface area contributed by atoms with Crippen LogP contribution in [0.15, 0.2) is 36.5 Å². The van der Waals surface area contributed by atoms with Gasteiger partial charge in [-0.1, -0.05) is 0 Å². The Morgan fingerprint density at radius 1 is 1.18 bits per heavy atom. The summed E-state index contributed by atoms with van der Waals surface area (Å²) in [7, 11) is 1.54. The SMILES string of the molecule is COc1ccc2ncc(C)c([C@@H](F)CCC3(C(=O)O)CCN(CCNc4c(F)cc(F)cc4F)CC3)c2c1. The van der Waals surface area contributed by atoms with Crippen molar-refractivity contribution in [1.82, 2.24) is 9.88 Å². The third kappa shape index (κ3) is 5.85. The maximum Gasteiger partial charge on any atom is 0.309 e. The fourth-order valence-corrected chi connectivity index (χ4v) is 5.21. The number of aromatic nitrogens is 1. The second-order valence-electron chi connectivity index (χ2n) is 9.84. The van der Waals surface area contributed by atoms with E-state index in [0.717, 1.165) is 0 Å². The van der Waals surface area contributed by atoms with Gasteiger partial charge >= 0.3 is 5.97 Å². The van der Waals surface area contributed by atoms with E-state index >= 15 is 4.39 Å². The average Bonchev–Trinajstić information content (AvgIpc) is 2.89. The van der Waals surface area contributed by atoms with E-state index < -0.39 is 40.7 Å². The van der Waals surface area contributed by atoms with Crippen molar-refractivity contribution in [3.05, 3.63) is 65.1 Å². The van der Waals surface area contributed by atoms with Crippen LogP contribution >= 0.6 is 0 Å². The number of carboxylic acid groups (broad SMARTS) is 1. The highest BCUT2D eigenvalue weighted by molar-refractivity contribution is 5.85. The quantitative estimate of drug-likeness (QED) is 0.310. The number of nitrogens with zero attached hydrogens (tertiary/aromatic N) is 2. The molecule has 0 unspecified atom stereocenters. The predicted octanol–water partition coefficient (Wildman–Crippen LogP) is 6.04. The van der Waals surface area contributed by atoms with Crippen molar-refractivity contribution < 1.29 is 32.2 Å². The van der Waals surface area contributed by atoms with Crippen molar-refractivity contribution in [1.29, 1.82) is 0 Å². The normalized spacial score (nSPS) is 16.4. The first-order chi connectivity index (χ1) is 18.1. The number of anilines is 1. The number of benzene rings is 2. The van der Waals surface area contributed by atoms with Crippen LogP contribution < -0.4 is 10.1 Å². The first-order valence-electron chi connectivity index (χ1n) is 12.5. The van der Waals surface area contributed by atoms with E-state index in [2.05, 4.69) is 10.3 Å². The zero-order valence-electron chi connectivity index (χ0n) is 21.4. The molecule has 0 spiro atoms. The summed E-state index contributed by atoms with van der Waals surface area (Å²) in [6.45, 7) is 3.31. The first kappa shape index (κ1) is 27.6. The number of ether oxygens (including phenoxy) is 1. The molecule has 1 atom stereocenters. The lowest BCUT2D eigenvalue weighted by atomic mass is 9.74. The number of pyridine rings is 1. The minimum absolute atomic E-state index is 0.0497. The number of carbonyl (C=O) groups is 1. The van der Waals surface area contributed by atoms with Crippen molar-refractivity contribution in [3.8, 4) is 5.75 Å². The number of alkyl halides is 1. The lowest BCUT2D eigenvalue weighted by Crippen LogP contribution is -2.45. The van der Waals surface area contributed by atoms with Gasteiger partial charge in [0, 0.05) is 36.8 Å². The van der Waals surface area contributed by atoms with Gasteiger partial charge in [0.15, 0.2) is 11.6 Å². The number of nitrogens with one attached hydrogen (secondary N) is 1. The van der Waals surface area contributed by atoms with Crippen molar-refractivity contribution in [2.75, 3.05) is 38.6 Å². The third-order valence-electron chi connectivity index (χ3n) is 7.51. The Bertz CT molecular complexity index is 1290. The number of methoxy groups -OCH3 is 1. The monoisotopic (exact) mass is 533 g/mol. The largest absolute Gasteiger partial charge is 0.497 e. The van der Waals surface area contributed by atoms with Gasteiger partial charge < -0.3 is 20.1 Å². The van der Waals surface area contributed by atoms with Crippen LogP contribution in [0.1, 0.15) is 43.0 Å². The molecule has 0 aliphatic carbocycles. The molecular formula is C28H31F4N3O3. The van der Waals surface area contributed by atoms with Crippen LogP contribution in [-0.4, -0.2) is 54.2 Å². The molecule has 4 rings (SSSR count). The highest BCUT2D eigenvalue weighted by Crippen LogP contribution is 2.41. The Kier molecular flexibility index (Phi) is 8.40. The van der Waals surface area contributed by atoms with Crippen LogP contribution in [0, 0.1) is 29.8 Å². The molecule has 1 saturated heterocycles. The number of carboxylic acids is 1. The zero-order valence-corrected chi connectivity index (χ0v) is 21.4. The van der Waals surface area contributed by atoms with E-state index in [9.17, 15) is 23.1 Å². The van der Waals surface area contributed by atoms with E-state index in [1.807, 2.05) is 4.90 Å². The van der Waals surface area contributed by atoms with Gasteiger partial charge in [-0.25, -0.2) is 17.6 Å². The summed E-state index contributed by atoms with van der Waals surface area (Å²) in [6, 6.07) is 6.50. The fourth-order valence-electron chi connectivity index (χ4n) is 5.21. The van der Waals surface area contributed by atoms with Crippen molar-refractivity contribution in [3.63, 3.8) is 0 Å². The predicted molar refractivity (Wildman–Crippen MR) is 137 cm³/mol. The van der Waals surface area contributed by atoms with Gasteiger partial charge in [0.2, 0.25) is 0 Å². The number of aryl methyl sites for hydroxylation is 1. The summed E-state index contributed by atoms with van der Waals surface area (Å²) >= 11 is 0. The minimum Gasteiger partial charge on any atom is -0.497 e. The summed E-state index contributed by atoms with van der Waals surface area (Å²) in [5.41, 5.74) is 0.382. The summed E-state index contributed by atoms with van der Waals surface area (Å²) < 4.78 is 61.7.